The van der Waals surface area contributed by atoms with Crippen LogP contribution in [0.1, 0.15) is 11.4 Å². The second kappa shape index (κ2) is 5.31. The Kier molecular flexibility index (Phi) is 3.75. The fraction of sp³-hybridized carbons (Fsp3) is 0.167. The Hall–Kier alpha value is -2.02. The number of ether oxygens (including phenoxy) is 1. The molecule has 6 nitrogen and oxygen atoms in total. The normalized spacial score (nSPS) is 10.3. The maximum Gasteiger partial charge on any atom is 0.314 e. The van der Waals surface area contributed by atoms with Gasteiger partial charge in [-0.1, -0.05) is 12.1 Å². The molecule has 98 valence electrons. The molecule has 0 unspecified atom stereocenters. The van der Waals surface area contributed by atoms with Crippen molar-refractivity contribution in [3.8, 4) is 11.6 Å². The molecule has 0 saturated heterocycles. The van der Waals surface area contributed by atoms with Gasteiger partial charge in [0.1, 0.15) is 10.4 Å². The van der Waals surface area contributed by atoms with E-state index in [1.54, 1.807) is 32.0 Å². The monoisotopic (exact) mass is 323 g/mol. The molecule has 2 rings (SSSR count). The minimum atomic E-state index is -0.465. The number of para-hydroxylation sites is 1. The molecule has 1 aromatic carbocycles. The molecular weight excluding hydrogens is 314 g/mol. The zero-order valence-electron chi connectivity index (χ0n) is 10.3. The van der Waals surface area contributed by atoms with Crippen LogP contribution < -0.4 is 4.74 Å². The molecule has 0 fully saturated rings. The van der Waals surface area contributed by atoms with E-state index in [0.29, 0.717) is 16.0 Å². The molecule has 1 heterocycles. The summed E-state index contributed by atoms with van der Waals surface area (Å²) >= 11 is 3.22. The van der Waals surface area contributed by atoms with Gasteiger partial charge in [0, 0.05) is 11.6 Å². The highest BCUT2D eigenvalue weighted by molar-refractivity contribution is 9.10. The van der Waals surface area contributed by atoms with E-state index in [-0.39, 0.29) is 17.3 Å². The molecule has 0 atom stereocenters. The third kappa shape index (κ3) is 3.05. The van der Waals surface area contributed by atoms with Crippen molar-refractivity contribution in [1.82, 2.24) is 9.97 Å². The number of rotatable bonds is 3. The van der Waals surface area contributed by atoms with Crippen LogP contribution >= 0.6 is 15.9 Å². The van der Waals surface area contributed by atoms with Crippen molar-refractivity contribution in [2.45, 2.75) is 13.8 Å². The lowest BCUT2D eigenvalue weighted by atomic mass is 10.2. The molecule has 0 aliphatic heterocycles. The number of benzene rings is 1. The molecular formula is C12H10BrN3O3. The summed E-state index contributed by atoms with van der Waals surface area (Å²) in [6, 6.07) is 6.45. The number of hydrogen-bond donors (Lipinski definition) is 0. The van der Waals surface area contributed by atoms with Crippen LogP contribution in [0.4, 0.5) is 5.69 Å². The Balaban J connectivity index is 2.43. The van der Waals surface area contributed by atoms with E-state index in [1.165, 1.54) is 6.07 Å². The third-order valence-corrected chi connectivity index (χ3v) is 2.79. The maximum atomic E-state index is 11.1. The Morgan fingerprint density at radius 1 is 1.32 bits per heavy atom. The lowest BCUT2D eigenvalue weighted by Gasteiger charge is -2.07. The molecule has 0 bridgehead atoms. The smallest absolute Gasteiger partial charge is 0.314 e. The van der Waals surface area contributed by atoms with Gasteiger partial charge in [-0.25, -0.2) is 4.98 Å². The number of aryl methyl sites for hydroxylation is 2. The van der Waals surface area contributed by atoms with Crippen molar-refractivity contribution in [2.24, 2.45) is 0 Å². The van der Waals surface area contributed by atoms with Crippen LogP contribution in [-0.4, -0.2) is 14.9 Å². The van der Waals surface area contributed by atoms with Crippen LogP contribution in [0, 0.1) is 24.0 Å². The van der Waals surface area contributed by atoms with Gasteiger partial charge in [0.25, 0.3) is 0 Å². The van der Waals surface area contributed by atoms with Gasteiger partial charge in [0.05, 0.1) is 4.92 Å². The Bertz CT molecular complexity index is 626. The summed E-state index contributed by atoms with van der Waals surface area (Å²) in [5, 5.41) is 11.1. The van der Waals surface area contributed by atoms with Gasteiger partial charge >= 0.3 is 5.69 Å². The van der Waals surface area contributed by atoms with Crippen LogP contribution in [0.3, 0.4) is 0 Å². The summed E-state index contributed by atoms with van der Waals surface area (Å²) in [6.45, 7) is 3.37. The first kappa shape index (κ1) is 13.4. The van der Waals surface area contributed by atoms with Crippen LogP contribution in [-0.2, 0) is 0 Å². The standard InChI is InChI=1S/C12H10BrN3O3/c1-7-4-3-5-9(12(7)16(17)18)19-11-6-10(13)14-8(2)15-11/h3-6H,1-2H3. The molecule has 0 aliphatic carbocycles. The molecule has 1 aromatic heterocycles. The number of nitro groups is 1. The predicted molar refractivity (Wildman–Crippen MR) is 72.4 cm³/mol. The molecule has 0 N–H and O–H groups in total. The van der Waals surface area contributed by atoms with Gasteiger partial charge in [0.15, 0.2) is 0 Å². The van der Waals surface area contributed by atoms with E-state index in [0.717, 1.165) is 0 Å². The SMILES string of the molecule is Cc1nc(Br)cc(Oc2cccc(C)c2[N+](=O)[O-])n1. The molecule has 0 aliphatic rings. The summed E-state index contributed by atoms with van der Waals surface area (Å²) in [5.74, 6) is 0.933. The third-order valence-electron chi connectivity index (χ3n) is 2.38. The van der Waals surface area contributed by atoms with Crippen molar-refractivity contribution in [1.29, 1.82) is 0 Å². The van der Waals surface area contributed by atoms with Crippen molar-refractivity contribution < 1.29 is 9.66 Å². The van der Waals surface area contributed by atoms with E-state index >= 15 is 0 Å². The number of aromatic nitrogens is 2. The summed E-state index contributed by atoms with van der Waals surface area (Å²) in [4.78, 5) is 18.7. The lowest BCUT2D eigenvalue weighted by Crippen LogP contribution is -1.98. The van der Waals surface area contributed by atoms with Crippen molar-refractivity contribution in [2.75, 3.05) is 0 Å². The van der Waals surface area contributed by atoms with Crippen molar-refractivity contribution in [3.05, 3.63) is 50.4 Å². The Morgan fingerprint density at radius 3 is 2.68 bits per heavy atom. The molecule has 19 heavy (non-hydrogen) atoms. The van der Waals surface area contributed by atoms with Gasteiger partial charge in [-0.2, -0.15) is 4.98 Å². The highest BCUT2D eigenvalue weighted by Crippen LogP contribution is 2.33. The van der Waals surface area contributed by atoms with E-state index in [9.17, 15) is 10.1 Å². The quantitative estimate of drug-likeness (QED) is 0.490. The van der Waals surface area contributed by atoms with Crippen LogP contribution in [0.15, 0.2) is 28.9 Å². The molecule has 0 radical (unpaired) electrons. The first-order valence-electron chi connectivity index (χ1n) is 5.40. The zero-order valence-corrected chi connectivity index (χ0v) is 11.8. The first-order chi connectivity index (χ1) is 8.97. The van der Waals surface area contributed by atoms with Gasteiger partial charge in [-0.3, -0.25) is 10.1 Å². The summed E-state index contributed by atoms with van der Waals surface area (Å²) in [6.07, 6.45) is 0. The number of nitrogens with zero attached hydrogens (tertiary/aromatic N) is 3. The first-order valence-corrected chi connectivity index (χ1v) is 6.19. The van der Waals surface area contributed by atoms with Crippen molar-refractivity contribution in [3.63, 3.8) is 0 Å². The number of hydrogen-bond acceptors (Lipinski definition) is 5. The predicted octanol–water partition coefficient (Wildman–Crippen LogP) is 3.56. The van der Waals surface area contributed by atoms with E-state index in [4.69, 9.17) is 4.74 Å². The van der Waals surface area contributed by atoms with Gasteiger partial charge in [-0.05, 0) is 35.8 Å². The fourth-order valence-corrected chi connectivity index (χ4v) is 2.07. The zero-order chi connectivity index (χ0) is 14.0. The van der Waals surface area contributed by atoms with E-state index in [1.807, 2.05) is 0 Å². The highest BCUT2D eigenvalue weighted by atomic mass is 79.9. The number of nitro benzene ring substituents is 1. The molecule has 0 spiro atoms. The minimum Gasteiger partial charge on any atom is -0.432 e. The van der Waals surface area contributed by atoms with Gasteiger partial charge in [-0.15, -0.1) is 0 Å². The maximum absolute atomic E-state index is 11.1. The van der Waals surface area contributed by atoms with Crippen molar-refractivity contribution >= 4 is 21.6 Å². The van der Waals surface area contributed by atoms with Crippen LogP contribution in [0.5, 0.6) is 11.6 Å². The van der Waals surface area contributed by atoms with Gasteiger partial charge < -0.3 is 4.74 Å². The second-order valence-electron chi connectivity index (χ2n) is 3.86. The molecule has 2 aromatic rings. The second-order valence-corrected chi connectivity index (χ2v) is 4.67. The topological polar surface area (TPSA) is 78.2 Å². The minimum absolute atomic E-state index is 0.0603. The highest BCUT2D eigenvalue weighted by Gasteiger charge is 2.19. The molecule has 0 amide bonds. The Labute approximate surface area is 117 Å². The molecule has 7 heteroatoms. The molecule has 0 saturated carbocycles. The average Bonchev–Trinajstić information content (AvgIpc) is 2.26. The lowest BCUT2D eigenvalue weighted by molar-refractivity contribution is -0.386. The Morgan fingerprint density at radius 2 is 2.05 bits per heavy atom. The van der Waals surface area contributed by atoms with E-state index in [2.05, 4.69) is 25.9 Å². The summed E-state index contributed by atoms with van der Waals surface area (Å²) in [5.41, 5.74) is 0.474. The van der Waals surface area contributed by atoms with Gasteiger partial charge in [0.2, 0.25) is 11.6 Å². The largest absolute Gasteiger partial charge is 0.432 e. The van der Waals surface area contributed by atoms with E-state index < -0.39 is 4.92 Å². The van der Waals surface area contributed by atoms with Crippen LogP contribution in [0.25, 0.3) is 0 Å². The fourth-order valence-electron chi connectivity index (χ4n) is 1.62. The summed E-state index contributed by atoms with van der Waals surface area (Å²) in [7, 11) is 0. The van der Waals surface area contributed by atoms with Crippen LogP contribution in [0.2, 0.25) is 0 Å². The average molecular weight is 324 g/mol. The number of halogens is 1. The summed E-state index contributed by atoms with van der Waals surface area (Å²) < 4.78 is 6.05.